The van der Waals surface area contributed by atoms with Gasteiger partial charge in [0, 0.05) is 12.2 Å². The highest BCUT2D eigenvalue weighted by Gasteiger charge is 2.12. The Balaban J connectivity index is 1.48. The van der Waals surface area contributed by atoms with Gasteiger partial charge in [-0.1, -0.05) is 55.1 Å². The molecule has 0 aromatic heterocycles. The Labute approximate surface area is 188 Å². The number of carbonyl (C=O) groups excluding carboxylic acids is 1. The monoisotopic (exact) mass is 432 g/mol. The highest BCUT2D eigenvalue weighted by molar-refractivity contribution is 5.77. The van der Waals surface area contributed by atoms with Crippen LogP contribution in [0.15, 0.2) is 79.4 Å². The Bertz CT molecular complexity index is 1050. The number of carbonyl (C=O) groups is 1. The summed E-state index contributed by atoms with van der Waals surface area (Å²) in [5.74, 6) is 0.947. The quantitative estimate of drug-likeness (QED) is 0.369. The van der Waals surface area contributed by atoms with E-state index in [2.05, 4.69) is 17.2 Å². The van der Waals surface area contributed by atoms with Gasteiger partial charge in [-0.3, -0.25) is 0 Å². The molecule has 0 spiro atoms. The van der Waals surface area contributed by atoms with Gasteiger partial charge >= 0.3 is 6.09 Å². The molecule has 0 heterocycles. The Morgan fingerprint density at radius 3 is 2.38 bits per heavy atom. The van der Waals surface area contributed by atoms with Gasteiger partial charge in [-0.15, -0.1) is 0 Å². The van der Waals surface area contributed by atoms with E-state index >= 15 is 0 Å². The van der Waals surface area contributed by atoms with Crippen LogP contribution in [0, 0.1) is 0 Å². The zero-order valence-electron chi connectivity index (χ0n) is 18.3. The zero-order chi connectivity index (χ0) is 22.9. The van der Waals surface area contributed by atoms with E-state index in [9.17, 15) is 9.90 Å². The summed E-state index contributed by atoms with van der Waals surface area (Å²) < 4.78 is 10.9. The molecule has 3 aromatic carbocycles. The van der Waals surface area contributed by atoms with Crippen LogP contribution in [-0.4, -0.2) is 17.8 Å². The van der Waals surface area contributed by atoms with Gasteiger partial charge in [-0.05, 0) is 54.8 Å². The van der Waals surface area contributed by atoms with Crippen LogP contribution in [0.1, 0.15) is 36.6 Å². The number of amides is 1. The number of benzene rings is 3. The molecule has 1 amide bonds. The van der Waals surface area contributed by atoms with Gasteiger partial charge in [0.1, 0.15) is 17.6 Å². The molecule has 0 saturated carbocycles. The largest absolute Gasteiger partial charge is 0.506 e. The second-order valence-corrected chi connectivity index (χ2v) is 7.22. The first-order valence-corrected chi connectivity index (χ1v) is 10.5. The van der Waals surface area contributed by atoms with Crippen LogP contribution in [-0.2, 0) is 11.3 Å². The third-order valence-electron chi connectivity index (χ3n) is 4.87. The van der Waals surface area contributed by atoms with E-state index in [0.717, 1.165) is 22.4 Å². The fourth-order valence-corrected chi connectivity index (χ4v) is 3.08. The van der Waals surface area contributed by atoms with Gasteiger partial charge in [0.15, 0.2) is 0 Å². The average molecular weight is 433 g/mol. The summed E-state index contributed by atoms with van der Waals surface area (Å²) in [5, 5.41) is 15.8. The maximum Gasteiger partial charge on any atom is 0.408 e. The molecule has 1 atom stereocenters. The molecule has 0 unspecified atom stereocenters. The molecule has 166 valence electrons. The van der Waals surface area contributed by atoms with E-state index < -0.39 is 6.09 Å². The van der Waals surface area contributed by atoms with E-state index in [4.69, 9.17) is 9.47 Å². The first-order chi connectivity index (χ1) is 15.5. The molecule has 0 bridgehead atoms. The normalized spacial score (nSPS) is 11.3. The smallest absolute Gasteiger partial charge is 0.408 e. The number of phenolic OH excluding ortho intramolecular Hbond substituents is 1. The molecule has 0 fully saturated rings. The topological polar surface area (TPSA) is 79.8 Å². The van der Waals surface area contributed by atoms with Crippen molar-refractivity contribution in [3.05, 3.63) is 96.1 Å². The maximum absolute atomic E-state index is 12.2. The number of aromatic hydroxyl groups is 1. The highest BCUT2D eigenvalue weighted by atomic mass is 16.6. The Morgan fingerprint density at radius 2 is 1.72 bits per heavy atom. The van der Waals surface area contributed by atoms with Crippen LogP contribution in [0.5, 0.6) is 11.5 Å². The lowest BCUT2D eigenvalue weighted by molar-refractivity contribution is 0.106. The van der Waals surface area contributed by atoms with Gasteiger partial charge in [0.05, 0.1) is 12.3 Å². The van der Waals surface area contributed by atoms with Crippen molar-refractivity contribution in [2.45, 2.75) is 26.5 Å². The molecular formula is C26H28N2O4. The van der Waals surface area contributed by atoms with Crippen molar-refractivity contribution in [1.82, 2.24) is 5.32 Å². The average Bonchev–Trinajstić information content (AvgIpc) is 2.80. The minimum absolute atomic E-state index is 0.160. The Kier molecular flexibility index (Phi) is 7.75. The number of phenols is 1. The van der Waals surface area contributed by atoms with Crippen LogP contribution in [0.25, 0.3) is 5.70 Å². The number of rotatable bonds is 9. The van der Waals surface area contributed by atoms with Gasteiger partial charge in [0.2, 0.25) is 0 Å². The number of para-hydroxylation sites is 2. The van der Waals surface area contributed by atoms with E-state index in [1.54, 1.807) is 18.2 Å². The van der Waals surface area contributed by atoms with Crippen molar-refractivity contribution in [1.29, 1.82) is 0 Å². The van der Waals surface area contributed by atoms with Crippen molar-refractivity contribution in [2.24, 2.45) is 0 Å². The van der Waals surface area contributed by atoms with Crippen LogP contribution >= 0.6 is 0 Å². The molecule has 3 aromatic rings. The summed E-state index contributed by atoms with van der Waals surface area (Å²) in [6.45, 7) is 8.73. The molecule has 0 radical (unpaired) electrons. The number of hydrogen-bond acceptors (Lipinski definition) is 5. The molecule has 0 saturated heterocycles. The second kappa shape index (κ2) is 10.9. The Morgan fingerprint density at radius 1 is 1.03 bits per heavy atom. The van der Waals surface area contributed by atoms with E-state index in [0.29, 0.717) is 24.5 Å². The van der Waals surface area contributed by atoms with Crippen molar-refractivity contribution in [3.8, 4) is 11.5 Å². The molecule has 3 N–H and O–H groups in total. The first kappa shape index (κ1) is 22.7. The van der Waals surface area contributed by atoms with E-state index in [-0.39, 0.29) is 11.9 Å². The minimum atomic E-state index is -0.485. The first-order valence-electron chi connectivity index (χ1n) is 10.5. The highest BCUT2D eigenvalue weighted by Crippen LogP contribution is 2.26. The van der Waals surface area contributed by atoms with Gasteiger partial charge < -0.3 is 25.2 Å². The fourth-order valence-electron chi connectivity index (χ4n) is 3.08. The lowest BCUT2D eigenvalue weighted by Gasteiger charge is -2.15. The van der Waals surface area contributed by atoms with Crippen molar-refractivity contribution < 1.29 is 19.4 Å². The summed E-state index contributed by atoms with van der Waals surface area (Å²) in [7, 11) is 0. The second-order valence-electron chi connectivity index (χ2n) is 7.22. The van der Waals surface area contributed by atoms with Crippen LogP contribution < -0.4 is 15.4 Å². The molecule has 0 aliphatic heterocycles. The SMILES string of the molecule is C=C(Nc1ccccc1O)c1ccc(CNC(=O)O[C@@H](C)c2ccc(OCC)cc2)cc1. The van der Waals surface area contributed by atoms with Crippen LogP contribution in [0.2, 0.25) is 0 Å². The fraction of sp³-hybridized carbons (Fsp3) is 0.192. The van der Waals surface area contributed by atoms with Crippen LogP contribution in [0.4, 0.5) is 10.5 Å². The number of anilines is 1. The number of ether oxygens (including phenoxy) is 2. The minimum Gasteiger partial charge on any atom is -0.506 e. The van der Waals surface area contributed by atoms with Crippen molar-refractivity contribution in [2.75, 3.05) is 11.9 Å². The summed E-state index contributed by atoms with van der Waals surface area (Å²) in [4.78, 5) is 12.2. The van der Waals surface area contributed by atoms with Crippen LogP contribution in [0.3, 0.4) is 0 Å². The third-order valence-corrected chi connectivity index (χ3v) is 4.87. The molecule has 32 heavy (non-hydrogen) atoms. The maximum atomic E-state index is 12.2. The summed E-state index contributed by atoms with van der Waals surface area (Å²) >= 11 is 0. The lowest BCUT2D eigenvalue weighted by Crippen LogP contribution is -2.24. The van der Waals surface area contributed by atoms with E-state index in [1.165, 1.54) is 0 Å². The lowest BCUT2D eigenvalue weighted by atomic mass is 10.1. The molecule has 6 heteroatoms. The summed E-state index contributed by atoms with van der Waals surface area (Å²) in [6, 6.07) is 22.1. The molecule has 0 aliphatic carbocycles. The standard InChI is InChI=1S/C26H28N2O4/c1-4-31-23-15-13-22(14-16-23)19(3)32-26(30)27-17-20-9-11-21(12-10-20)18(2)28-24-7-5-6-8-25(24)29/h5-16,19,28-29H,2,4,17H2,1,3H3,(H,27,30)/t19-/m0/s1. The Hall–Kier alpha value is -3.93. The number of alkyl carbamates (subject to hydrolysis) is 1. The number of nitrogens with one attached hydrogen (secondary N) is 2. The number of hydrogen-bond donors (Lipinski definition) is 3. The zero-order valence-corrected chi connectivity index (χ0v) is 18.3. The molecule has 3 rings (SSSR count). The third kappa shape index (κ3) is 6.28. The predicted molar refractivity (Wildman–Crippen MR) is 127 cm³/mol. The van der Waals surface area contributed by atoms with Crippen molar-refractivity contribution >= 4 is 17.5 Å². The molecular weight excluding hydrogens is 404 g/mol. The molecule has 6 nitrogen and oxygen atoms in total. The molecule has 0 aliphatic rings. The van der Waals surface area contributed by atoms with E-state index in [1.807, 2.05) is 68.4 Å². The van der Waals surface area contributed by atoms with Gasteiger partial charge in [-0.25, -0.2) is 4.79 Å². The predicted octanol–water partition coefficient (Wildman–Crippen LogP) is 5.86. The summed E-state index contributed by atoms with van der Waals surface area (Å²) in [5.41, 5.74) is 3.95. The van der Waals surface area contributed by atoms with Gasteiger partial charge in [0.25, 0.3) is 0 Å². The summed E-state index contributed by atoms with van der Waals surface area (Å²) in [6.07, 6.45) is -0.863. The van der Waals surface area contributed by atoms with Crippen molar-refractivity contribution in [3.63, 3.8) is 0 Å². The van der Waals surface area contributed by atoms with Gasteiger partial charge in [-0.2, -0.15) is 0 Å².